The minimum Gasteiger partial charge on any atom is -0.409 e. The van der Waals surface area contributed by atoms with E-state index < -0.39 is 0 Å². The van der Waals surface area contributed by atoms with Crippen LogP contribution in [0, 0.1) is 6.92 Å². The molecule has 112 valence electrons. The van der Waals surface area contributed by atoms with Gasteiger partial charge in [-0.3, -0.25) is 0 Å². The fourth-order valence-electron chi connectivity index (χ4n) is 2.15. The van der Waals surface area contributed by atoms with Gasteiger partial charge in [-0.05, 0) is 51.2 Å². The van der Waals surface area contributed by atoms with E-state index in [9.17, 15) is 0 Å². The average molecular weight is 278 g/mol. The second-order valence-corrected chi connectivity index (χ2v) is 5.27. The number of likely N-dealkylation sites (N-methyl/N-ethyl adjacent to an activating group) is 1. The minimum absolute atomic E-state index is 0.157. The molecule has 0 aromatic heterocycles. The molecule has 1 rings (SSSR count). The number of hydrogen-bond donors (Lipinski definition) is 2. The normalized spacial score (nSPS) is 11.9. The molecular formula is C15H26N4O. The van der Waals surface area contributed by atoms with Crippen LogP contribution >= 0.6 is 0 Å². The van der Waals surface area contributed by atoms with Crippen LogP contribution in [0.5, 0.6) is 0 Å². The van der Waals surface area contributed by atoms with E-state index in [1.807, 2.05) is 19.1 Å². The van der Waals surface area contributed by atoms with Crippen LogP contribution in [0.4, 0.5) is 5.69 Å². The highest BCUT2D eigenvalue weighted by molar-refractivity contribution is 5.98. The molecule has 0 fully saturated rings. The van der Waals surface area contributed by atoms with E-state index in [1.54, 1.807) is 0 Å². The summed E-state index contributed by atoms with van der Waals surface area (Å²) in [5.41, 5.74) is 8.63. The van der Waals surface area contributed by atoms with Crippen molar-refractivity contribution in [2.45, 2.75) is 20.3 Å². The molecule has 0 amide bonds. The molecule has 1 aromatic rings. The van der Waals surface area contributed by atoms with Crippen LogP contribution in [0.15, 0.2) is 23.4 Å². The van der Waals surface area contributed by atoms with Gasteiger partial charge in [-0.1, -0.05) is 12.1 Å². The van der Waals surface area contributed by atoms with Gasteiger partial charge >= 0.3 is 0 Å². The van der Waals surface area contributed by atoms with E-state index in [4.69, 9.17) is 10.9 Å². The zero-order valence-electron chi connectivity index (χ0n) is 12.9. The Morgan fingerprint density at radius 3 is 2.45 bits per heavy atom. The van der Waals surface area contributed by atoms with E-state index in [-0.39, 0.29) is 5.84 Å². The van der Waals surface area contributed by atoms with Crippen molar-refractivity contribution in [3.8, 4) is 0 Å². The summed E-state index contributed by atoms with van der Waals surface area (Å²) >= 11 is 0. The van der Waals surface area contributed by atoms with Gasteiger partial charge in [0.1, 0.15) is 0 Å². The summed E-state index contributed by atoms with van der Waals surface area (Å²) in [6, 6.07) is 6.04. The van der Waals surface area contributed by atoms with E-state index >= 15 is 0 Å². The molecule has 0 aliphatic carbocycles. The van der Waals surface area contributed by atoms with Gasteiger partial charge in [-0.15, -0.1) is 0 Å². The number of rotatable bonds is 7. The summed E-state index contributed by atoms with van der Waals surface area (Å²) in [5.74, 6) is 0.157. The van der Waals surface area contributed by atoms with Crippen LogP contribution in [0.3, 0.4) is 0 Å². The largest absolute Gasteiger partial charge is 0.409 e. The van der Waals surface area contributed by atoms with E-state index in [2.05, 4.69) is 42.0 Å². The summed E-state index contributed by atoms with van der Waals surface area (Å²) in [4.78, 5) is 4.54. The summed E-state index contributed by atoms with van der Waals surface area (Å²) in [5, 5.41) is 11.8. The van der Waals surface area contributed by atoms with Crippen LogP contribution in [-0.4, -0.2) is 49.7 Å². The molecule has 0 unspecified atom stereocenters. The van der Waals surface area contributed by atoms with Crippen molar-refractivity contribution < 1.29 is 5.21 Å². The predicted molar refractivity (Wildman–Crippen MR) is 84.7 cm³/mol. The van der Waals surface area contributed by atoms with E-state index in [0.29, 0.717) is 0 Å². The fourth-order valence-corrected chi connectivity index (χ4v) is 2.15. The first kappa shape index (κ1) is 16.3. The van der Waals surface area contributed by atoms with Gasteiger partial charge in [0.2, 0.25) is 0 Å². The van der Waals surface area contributed by atoms with Gasteiger partial charge < -0.3 is 20.7 Å². The number of anilines is 1. The molecule has 20 heavy (non-hydrogen) atoms. The highest BCUT2D eigenvalue weighted by atomic mass is 16.4. The Morgan fingerprint density at radius 1 is 1.25 bits per heavy atom. The lowest BCUT2D eigenvalue weighted by molar-refractivity contribution is 0.318. The van der Waals surface area contributed by atoms with Gasteiger partial charge in [-0.2, -0.15) is 0 Å². The van der Waals surface area contributed by atoms with Gasteiger partial charge in [-0.25, -0.2) is 0 Å². The molecule has 0 radical (unpaired) electrons. The zero-order chi connectivity index (χ0) is 15.1. The first-order chi connectivity index (χ1) is 9.49. The summed E-state index contributed by atoms with van der Waals surface area (Å²) < 4.78 is 0. The molecule has 0 atom stereocenters. The van der Waals surface area contributed by atoms with Crippen molar-refractivity contribution in [3.05, 3.63) is 29.3 Å². The van der Waals surface area contributed by atoms with E-state index in [0.717, 1.165) is 37.2 Å². The first-order valence-corrected chi connectivity index (χ1v) is 6.97. The van der Waals surface area contributed by atoms with Crippen LogP contribution < -0.4 is 10.6 Å². The maximum absolute atomic E-state index is 8.77. The second kappa shape index (κ2) is 7.75. The lowest BCUT2D eigenvalue weighted by atomic mass is 10.1. The number of nitrogens with zero attached hydrogens (tertiary/aromatic N) is 3. The van der Waals surface area contributed by atoms with Crippen molar-refractivity contribution in [2.24, 2.45) is 10.9 Å². The molecule has 0 aliphatic heterocycles. The van der Waals surface area contributed by atoms with Gasteiger partial charge in [0.05, 0.1) is 0 Å². The zero-order valence-corrected chi connectivity index (χ0v) is 12.9. The van der Waals surface area contributed by atoms with Gasteiger partial charge in [0.25, 0.3) is 0 Å². The number of nitrogens with two attached hydrogens (primary N) is 1. The van der Waals surface area contributed by atoms with Crippen LogP contribution in [0.1, 0.15) is 24.5 Å². The number of hydrogen-bond acceptors (Lipinski definition) is 4. The van der Waals surface area contributed by atoms with Crippen molar-refractivity contribution in [3.63, 3.8) is 0 Å². The molecule has 1 aromatic carbocycles. The first-order valence-electron chi connectivity index (χ1n) is 6.97. The highest BCUT2D eigenvalue weighted by Gasteiger charge is 2.09. The fraction of sp³-hybridized carbons (Fsp3) is 0.533. The third-order valence-electron chi connectivity index (χ3n) is 3.27. The average Bonchev–Trinajstić information content (AvgIpc) is 2.42. The molecule has 0 saturated carbocycles. The van der Waals surface area contributed by atoms with Crippen molar-refractivity contribution in [1.29, 1.82) is 0 Å². The molecule has 0 aliphatic rings. The summed E-state index contributed by atoms with van der Waals surface area (Å²) in [6.07, 6.45) is 1.11. The third kappa shape index (κ3) is 4.42. The summed E-state index contributed by atoms with van der Waals surface area (Å²) in [7, 11) is 4.16. The lowest BCUT2D eigenvalue weighted by Gasteiger charge is -2.26. The van der Waals surface area contributed by atoms with Crippen molar-refractivity contribution in [1.82, 2.24) is 4.90 Å². The molecule has 5 heteroatoms. The standard InChI is InChI=1S/C15H26N4O/c1-5-8-19(10-9-18(3)4)13-6-7-14(12(2)11-13)15(16)17-20/h6-7,11,20H,5,8-10H2,1-4H3,(H2,16,17). The Hall–Kier alpha value is -1.75. The molecule has 0 saturated heterocycles. The van der Waals surface area contributed by atoms with E-state index in [1.165, 1.54) is 5.69 Å². The number of benzene rings is 1. The Balaban J connectivity index is 2.94. The van der Waals surface area contributed by atoms with Crippen molar-refractivity contribution >= 4 is 11.5 Å². The Kier molecular flexibility index (Phi) is 6.31. The minimum atomic E-state index is 0.157. The maximum atomic E-state index is 8.77. The maximum Gasteiger partial charge on any atom is 0.170 e. The monoisotopic (exact) mass is 278 g/mol. The molecule has 0 spiro atoms. The van der Waals surface area contributed by atoms with Crippen LogP contribution in [-0.2, 0) is 0 Å². The smallest absolute Gasteiger partial charge is 0.170 e. The lowest BCUT2D eigenvalue weighted by Crippen LogP contribution is -2.32. The Morgan fingerprint density at radius 2 is 1.95 bits per heavy atom. The predicted octanol–water partition coefficient (Wildman–Crippen LogP) is 1.87. The van der Waals surface area contributed by atoms with Crippen LogP contribution in [0.25, 0.3) is 0 Å². The highest BCUT2D eigenvalue weighted by Crippen LogP contribution is 2.19. The van der Waals surface area contributed by atoms with Crippen LogP contribution in [0.2, 0.25) is 0 Å². The molecular weight excluding hydrogens is 252 g/mol. The number of aryl methyl sites for hydroxylation is 1. The Bertz CT molecular complexity index is 457. The second-order valence-electron chi connectivity index (χ2n) is 5.27. The Labute approximate surface area is 121 Å². The number of amidine groups is 1. The number of oxime groups is 1. The SMILES string of the molecule is CCCN(CCN(C)C)c1ccc(/C(N)=N/O)c(C)c1. The van der Waals surface area contributed by atoms with Gasteiger partial charge in [0, 0.05) is 30.9 Å². The molecule has 3 N–H and O–H groups in total. The molecule has 0 bridgehead atoms. The third-order valence-corrected chi connectivity index (χ3v) is 3.27. The summed E-state index contributed by atoms with van der Waals surface area (Å²) in [6.45, 7) is 7.19. The molecule has 0 heterocycles. The van der Waals surface area contributed by atoms with Crippen molar-refractivity contribution in [2.75, 3.05) is 38.6 Å². The topological polar surface area (TPSA) is 65.1 Å². The molecule has 5 nitrogen and oxygen atoms in total. The van der Waals surface area contributed by atoms with Gasteiger partial charge in [0.15, 0.2) is 5.84 Å². The quantitative estimate of drug-likeness (QED) is 0.346.